The Hall–Kier alpha value is -0.710. The van der Waals surface area contributed by atoms with Crippen molar-refractivity contribution in [2.24, 2.45) is 0 Å². The molecule has 78 valence electrons. The minimum absolute atomic E-state index is 0.00288. The van der Waals surface area contributed by atoms with Crippen LogP contribution in [0.5, 0.6) is 5.75 Å². The average molecular weight is 214 g/mol. The van der Waals surface area contributed by atoms with Crippen LogP contribution in [0.3, 0.4) is 0 Å². The smallest absolute Gasteiger partial charge is 0.129 e. The number of benzene rings is 1. The maximum Gasteiger partial charge on any atom is 0.129 e. The number of ether oxygens (including phenoxy) is 1. The third-order valence-corrected chi connectivity index (χ3v) is 3.02. The number of phenols is 1. The number of phenolic OH excluding ortho intramolecular Hbond substituents is 1. The van der Waals surface area contributed by atoms with Gasteiger partial charge in [0, 0.05) is 17.8 Å². The summed E-state index contributed by atoms with van der Waals surface area (Å²) in [6, 6.07) is 7.12. The molecule has 2 N–H and O–H groups in total. The molecular formula is C10H14O3S. The molecule has 0 fully saturated rings. The van der Waals surface area contributed by atoms with E-state index in [4.69, 9.17) is 9.84 Å². The van der Waals surface area contributed by atoms with Gasteiger partial charge in [-0.05, 0) is 12.1 Å². The number of para-hydroxylation sites is 1. The molecule has 3 nitrogen and oxygen atoms in total. The molecule has 0 aliphatic heterocycles. The molecule has 1 unspecified atom stereocenters. The Morgan fingerprint density at radius 3 is 2.71 bits per heavy atom. The maximum absolute atomic E-state index is 9.44. The Labute approximate surface area is 87.7 Å². The molecule has 0 saturated carbocycles. The van der Waals surface area contributed by atoms with Gasteiger partial charge in [-0.25, -0.2) is 0 Å². The Balaban J connectivity index is 2.49. The highest BCUT2D eigenvalue weighted by molar-refractivity contribution is 7.99. The average Bonchev–Trinajstić information content (AvgIpc) is 2.22. The highest BCUT2D eigenvalue weighted by atomic mass is 32.2. The summed E-state index contributed by atoms with van der Waals surface area (Å²) in [5.41, 5.74) is 0. The molecule has 0 aromatic heterocycles. The number of hydrogen-bond donors (Lipinski definition) is 2. The molecule has 0 radical (unpaired) electrons. The lowest BCUT2D eigenvalue weighted by molar-refractivity contribution is 0.0656. The van der Waals surface area contributed by atoms with Crippen LogP contribution in [0, 0.1) is 0 Å². The lowest BCUT2D eigenvalue weighted by Gasteiger charge is -2.11. The van der Waals surface area contributed by atoms with Crippen molar-refractivity contribution in [2.75, 3.05) is 19.5 Å². The van der Waals surface area contributed by atoms with Crippen LogP contribution in [0.2, 0.25) is 0 Å². The molecule has 1 aromatic carbocycles. The van der Waals surface area contributed by atoms with Crippen LogP contribution in [-0.2, 0) is 4.74 Å². The molecule has 0 amide bonds. The van der Waals surface area contributed by atoms with Crippen molar-refractivity contribution in [3.8, 4) is 5.75 Å². The van der Waals surface area contributed by atoms with E-state index in [1.807, 2.05) is 12.1 Å². The minimum Gasteiger partial charge on any atom is -0.507 e. The van der Waals surface area contributed by atoms with Crippen molar-refractivity contribution in [3.05, 3.63) is 24.3 Å². The number of rotatable bonds is 5. The summed E-state index contributed by atoms with van der Waals surface area (Å²) < 4.78 is 5.01. The standard InChI is InChI=1S/C10H14O3S/c1-13-8(6-11)7-14-10-5-3-2-4-9(10)12/h2-5,8,11-12H,6-7H2,1H3. The monoisotopic (exact) mass is 214 g/mol. The van der Waals surface area contributed by atoms with Crippen molar-refractivity contribution in [1.82, 2.24) is 0 Å². The second-order valence-electron chi connectivity index (χ2n) is 2.82. The molecule has 4 heteroatoms. The van der Waals surface area contributed by atoms with E-state index in [1.165, 1.54) is 11.8 Å². The molecule has 1 atom stereocenters. The molecule has 0 spiro atoms. The van der Waals surface area contributed by atoms with Crippen LogP contribution in [0.1, 0.15) is 0 Å². The van der Waals surface area contributed by atoms with Gasteiger partial charge >= 0.3 is 0 Å². The van der Waals surface area contributed by atoms with Gasteiger partial charge in [0.05, 0.1) is 12.7 Å². The van der Waals surface area contributed by atoms with E-state index >= 15 is 0 Å². The Bertz CT molecular complexity index is 274. The molecule has 0 heterocycles. The summed E-state index contributed by atoms with van der Waals surface area (Å²) >= 11 is 1.47. The fourth-order valence-electron chi connectivity index (χ4n) is 0.957. The maximum atomic E-state index is 9.44. The second-order valence-corrected chi connectivity index (χ2v) is 3.88. The zero-order chi connectivity index (χ0) is 10.4. The molecule has 1 aromatic rings. The van der Waals surface area contributed by atoms with Gasteiger partial charge < -0.3 is 14.9 Å². The Morgan fingerprint density at radius 1 is 1.43 bits per heavy atom. The molecule has 0 saturated heterocycles. The van der Waals surface area contributed by atoms with Crippen molar-refractivity contribution in [2.45, 2.75) is 11.0 Å². The number of methoxy groups -OCH3 is 1. The van der Waals surface area contributed by atoms with Gasteiger partial charge in [-0.3, -0.25) is 0 Å². The van der Waals surface area contributed by atoms with E-state index in [0.717, 1.165) is 4.90 Å². The number of hydrogen-bond acceptors (Lipinski definition) is 4. The zero-order valence-electron chi connectivity index (χ0n) is 8.01. The van der Waals surface area contributed by atoms with Crippen LogP contribution >= 0.6 is 11.8 Å². The lowest BCUT2D eigenvalue weighted by atomic mass is 10.3. The van der Waals surface area contributed by atoms with Gasteiger partial charge in [-0.1, -0.05) is 12.1 Å². The summed E-state index contributed by atoms with van der Waals surface area (Å²) in [5, 5.41) is 18.3. The topological polar surface area (TPSA) is 49.7 Å². The summed E-state index contributed by atoms with van der Waals surface area (Å²) in [4.78, 5) is 0.808. The number of aliphatic hydroxyl groups is 1. The third-order valence-electron chi connectivity index (χ3n) is 1.83. The highest BCUT2D eigenvalue weighted by Crippen LogP contribution is 2.28. The van der Waals surface area contributed by atoms with E-state index in [9.17, 15) is 5.11 Å². The minimum atomic E-state index is -0.181. The number of aromatic hydroxyl groups is 1. The molecule has 0 aliphatic rings. The van der Waals surface area contributed by atoms with E-state index in [0.29, 0.717) is 5.75 Å². The third kappa shape index (κ3) is 3.21. The molecular weight excluding hydrogens is 200 g/mol. The Kier molecular flexibility index (Phi) is 4.79. The summed E-state index contributed by atoms with van der Waals surface area (Å²) in [7, 11) is 1.56. The zero-order valence-corrected chi connectivity index (χ0v) is 8.83. The first-order valence-corrected chi connectivity index (χ1v) is 5.31. The number of thioether (sulfide) groups is 1. The largest absolute Gasteiger partial charge is 0.507 e. The first kappa shape index (κ1) is 11.4. The predicted molar refractivity (Wildman–Crippen MR) is 56.7 cm³/mol. The lowest BCUT2D eigenvalue weighted by Crippen LogP contribution is -2.18. The Morgan fingerprint density at radius 2 is 2.14 bits per heavy atom. The molecule has 1 rings (SSSR count). The molecule has 0 aliphatic carbocycles. The van der Waals surface area contributed by atoms with E-state index in [2.05, 4.69) is 0 Å². The quantitative estimate of drug-likeness (QED) is 0.729. The summed E-state index contributed by atoms with van der Waals surface area (Å²) in [6.45, 7) is -0.00288. The van der Waals surface area contributed by atoms with Crippen molar-refractivity contribution < 1.29 is 14.9 Å². The van der Waals surface area contributed by atoms with Crippen LogP contribution in [-0.4, -0.2) is 35.8 Å². The normalized spacial score (nSPS) is 12.7. The van der Waals surface area contributed by atoms with Gasteiger partial charge in [-0.15, -0.1) is 11.8 Å². The fraction of sp³-hybridized carbons (Fsp3) is 0.400. The summed E-state index contributed by atoms with van der Waals surface area (Å²) in [5.74, 6) is 0.898. The highest BCUT2D eigenvalue weighted by Gasteiger charge is 2.07. The van der Waals surface area contributed by atoms with Crippen LogP contribution in [0.25, 0.3) is 0 Å². The van der Waals surface area contributed by atoms with Crippen LogP contribution < -0.4 is 0 Å². The van der Waals surface area contributed by atoms with Crippen molar-refractivity contribution >= 4 is 11.8 Å². The van der Waals surface area contributed by atoms with Crippen molar-refractivity contribution in [1.29, 1.82) is 0 Å². The van der Waals surface area contributed by atoms with Gasteiger partial charge in [-0.2, -0.15) is 0 Å². The summed E-state index contributed by atoms with van der Waals surface area (Å²) in [6.07, 6.45) is -0.181. The number of aliphatic hydroxyl groups excluding tert-OH is 1. The van der Waals surface area contributed by atoms with Crippen LogP contribution in [0.4, 0.5) is 0 Å². The van der Waals surface area contributed by atoms with E-state index < -0.39 is 0 Å². The molecule has 0 bridgehead atoms. The van der Waals surface area contributed by atoms with Gasteiger partial charge in [0.2, 0.25) is 0 Å². The van der Waals surface area contributed by atoms with Gasteiger partial charge in [0.15, 0.2) is 0 Å². The van der Waals surface area contributed by atoms with E-state index in [1.54, 1.807) is 19.2 Å². The van der Waals surface area contributed by atoms with Gasteiger partial charge in [0.25, 0.3) is 0 Å². The fourth-order valence-corrected chi connectivity index (χ4v) is 1.95. The van der Waals surface area contributed by atoms with Crippen LogP contribution in [0.15, 0.2) is 29.2 Å². The van der Waals surface area contributed by atoms with E-state index in [-0.39, 0.29) is 18.5 Å². The SMILES string of the molecule is COC(CO)CSc1ccccc1O. The molecule has 14 heavy (non-hydrogen) atoms. The van der Waals surface area contributed by atoms with Gasteiger partial charge in [0.1, 0.15) is 5.75 Å². The first-order valence-electron chi connectivity index (χ1n) is 4.32. The van der Waals surface area contributed by atoms with Crippen molar-refractivity contribution in [3.63, 3.8) is 0 Å². The predicted octanol–water partition coefficient (Wildman–Crippen LogP) is 1.49. The first-order chi connectivity index (χ1) is 6.77. The second kappa shape index (κ2) is 5.90.